The summed E-state index contributed by atoms with van der Waals surface area (Å²) < 4.78 is 0. The van der Waals surface area contributed by atoms with Crippen molar-refractivity contribution in [2.45, 2.75) is 0 Å². The Balaban J connectivity index is 1.94. The largest absolute Gasteiger partial charge is 0.369 e. The Kier molecular flexibility index (Phi) is 4.11. The minimum atomic E-state index is -0.401. The number of piperazine rings is 1. The molecule has 1 saturated heterocycles. The first kappa shape index (κ1) is 13.5. The van der Waals surface area contributed by atoms with E-state index in [0.29, 0.717) is 6.54 Å². The zero-order valence-electron chi connectivity index (χ0n) is 10.6. The fourth-order valence-corrected chi connectivity index (χ4v) is 2.20. The molecule has 1 aliphatic rings. The second-order valence-corrected chi connectivity index (χ2v) is 4.58. The average Bonchev–Trinajstić information content (AvgIpc) is 2.39. The van der Waals surface area contributed by atoms with Gasteiger partial charge in [0.1, 0.15) is 5.78 Å². The minimum absolute atomic E-state index is 0.0659. The summed E-state index contributed by atoms with van der Waals surface area (Å²) in [5, 5.41) is 10.6. The molecule has 0 aromatic heterocycles. The van der Waals surface area contributed by atoms with Crippen molar-refractivity contribution in [1.82, 2.24) is 4.90 Å². The Labute approximate surface area is 111 Å². The fourth-order valence-electron chi connectivity index (χ4n) is 2.20. The van der Waals surface area contributed by atoms with Crippen molar-refractivity contribution in [3.05, 3.63) is 41.3 Å². The van der Waals surface area contributed by atoms with Gasteiger partial charge in [0.15, 0.2) is 0 Å². The number of Topliss-reactive ketones (excluding diaryl/α,β-unsaturated/α-hetero) is 1. The van der Waals surface area contributed by atoms with Crippen LogP contribution in [-0.2, 0) is 4.79 Å². The van der Waals surface area contributed by atoms with E-state index in [1.54, 1.807) is 12.1 Å². The van der Waals surface area contributed by atoms with E-state index < -0.39 is 4.92 Å². The maximum Gasteiger partial charge on any atom is 0.269 e. The van der Waals surface area contributed by atoms with E-state index in [1.165, 1.54) is 12.1 Å². The molecule has 1 aliphatic heterocycles. The molecule has 101 valence electrons. The predicted molar refractivity (Wildman–Crippen MR) is 72.1 cm³/mol. The number of rotatable bonds is 4. The molecule has 0 N–H and O–H groups in total. The van der Waals surface area contributed by atoms with Crippen LogP contribution in [0.1, 0.15) is 0 Å². The molecule has 0 atom stereocenters. The second kappa shape index (κ2) is 5.79. The third kappa shape index (κ3) is 3.51. The van der Waals surface area contributed by atoms with Gasteiger partial charge in [-0.15, -0.1) is 0 Å². The summed E-state index contributed by atoms with van der Waals surface area (Å²) >= 11 is 0. The predicted octanol–water partition coefficient (Wildman–Crippen LogP) is 1.12. The minimum Gasteiger partial charge on any atom is -0.369 e. The molecule has 0 bridgehead atoms. The van der Waals surface area contributed by atoms with Crippen LogP contribution >= 0.6 is 0 Å². The highest BCUT2D eigenvalue weighted by Crippen LogP contribution is 2.20. The fraction of sp³-hybridized carbons (Fsp3) is 0.385. The van der Waals surface area contributed by atoms with Crippen molar-refractivity contribution in [2.75, 3.05) is 37.6 Å². The molecule has 2 rings (SSSR count). The smallest absolute Gasteiger partial charge is 0.269 e. The molecule has 1 aromatic carbocycles. The number of hydrogen-bond acceptors (Lipinski definition) is 5. The number of anilines is 1. The van der Waals surface area contributed by atoms with E-state index in [0.717, 1.165) is 31.9 Å². The van der Waals surface area contributed by atoms with Gasteiger partial charge >= 0.3 is 0 Å². The lowest BCUT2D eigenvalue weighted by molar-refractivity contribution is -0.384. The molecule has 0 unspecified atom stereocenters. The van der Waals surface area contributed by atoms with Crippen LogP contribution in [-0.4, -0.2) is 48.3 Å². The molecular formula is C13H16N3O3. The highest BCUT2D eigenvalue weighted by Gasteiger charge is 2.18. The molecule has 1 radical (unpaired) electrons. The van der Waals surface area contributed by atoms with Crippen LogP contribution in [0.25, 0.3) is 0 Å². The number of carbonyl (C=O) groups excluding carboxylic acids is 1. The topological polar surface area (TPSA) is 66.7 Å². The lowest BCUT2D eigenvalue weighted by Gasteiger charge is -2.35. The van der Waals surface area contributed by atoms with E-state index in [9.17, 15) is 14.9 Å². The van der Waals surface area contributed by atoms with Crippen LogP contribution in [0.2, 0.25) is 0 Å². The van der Waals surface area contributed by atoms with E-state index in [4.69, 9.17) is 0 Å². The van der Waals surface area contributed by atoms with Crippen LogP contribution in [0.15, 0.2) is 24.3 Å². The SMILES string of the molecule is [CH2]C(=O)CN1CCN(c2ccc([N+](=O)[O-])cc2)CC1. The number of non-ortho nitro benzene ring substituents is 1. The zero-order valence-corrected chi connectivity index (χ0v) is 10.6. The summed E-state index contributed by atoms with van der Waals surface area (Å²) in [6, 6.07) is 6.56. The maximum atomic E-state index is 10.9. The molecule has 1 heterocycles. The van der Waals surface area contributed by atoms with Gasteiger partial charge in [0, 0.05) is 50.9 Å². The molecule has 6 heteroatoms. The van der Waals surface area contributed by atoms with Gasteiger partial charge in [-0.25, -0.2) is 0 Å². The first-order valence-corrected chi connectivity index (χ1v) is 6.13. The number of nitro benzene ring substituents is 1. The molecule has 0 aliphatic carbocycles. The van der Waals surface area contributed by atoms with Gasteiger partial charge in [0.25, 0.3) is 5.69 Å². The summed E-state index contributed by atoms with van der Waals surface area (Å²) in [6.45, 7) is 7.00. The van der Waals surface area contributed by atoms with Gasteiger partial charge in [-0.2, -0.15) is 0 Å². The molecular weight excluding hydrogens is 246 g/mol. The number of nitrogens with zero attached hydrogens (tertiary/aromatic N) is 3. The Morgan fingerprint density at radius 1 is 1.21 bits per heavy atom. The molecule has 0 spiro atoms. The third-order valence-corrected chi connectivity index (χ3v) is 3.20. The maximum absolute atomic E-state index is 10.9. The van der Waals surface area contributed by atoms with E-state index >= 15 is 0 Å². The summed E-state index contributed by atoms with van der Waals surface area (Å²) in [4.78, 5) is 25.3. The summed E-state index contributed by atoms with van der Waals surface area (Å²) in [7, 11) is 0. The number of ketones is 1. The second-order valence-electron chi connectivity index (χ2n) is 4.58. The normalized spacial score (nSPS) is 16.4. The van der Waals surface area contributed by atoms with Crippen molar-refractivity contribution < 1.29 is 9.72 Å². The Morgan fingerprint density at radius 2 is 1.79 bits per heavy atom. The van der Waals surface area contributed by atoms with Gasteiger partial charge in [-0.05, 0) is 12.1 Å². The summed E-state index contributed by atoms with van der Waals surface area (Å²) in [6.07, 6.45) is 0. The Bertz CT molecular complexity index is 465. The molecule has 1 fully saturated rings. The zero-order chi connectivity index (χ0) is 13.8. The summed E-state index contributed by atoms with van der Waals surface area (Å²) in [5.74, 6) is -0.0659. The quantitative estimate of drug-likeness (QED) is 0.601. The van der Waals surface area contributed by atoms with Crippen molar-refractivity contribution in [1.29, 1.82) is 0 Å². The van der Waals surface area contributed by atoms with E-state index in [-0.39, 0.29) is 11.5 Å². The molecule has 0 amide bonds. The van der Waals surface area contributed by atoms with Crippen LogP contribution in [0.4, 0.5) is 11.4 Å². The molecule has 6 nitrogen and oxygen atoms in total. The van der Waals surface area contributed by atoms with E-state index in [1.807, 2.05) is 0 Å². The van der Waals surface area contributed by atoms with Crippen molar-refractivity contribution in [3.8, 4) is 0 Å². The van der Waals surface area contributed by atoms with Crippen LogP contribution in [0, 0.1) is 17.0 Å². The highest BCUT2D eigenvalue weighted by atomic mass is 16.6. The first-order valence-electron chi connectivity index (χ1n) is 6.13. The highest BCUT2D eigenvalue weighted by molar-refractivity contribution is 5.84. The van der Waals surface area contributed by atoms with Gasteiger partial charge in [-0.1, -0.05) is 0 Å². The van der Waals surface area contributed by atoms with Crippen LogP contribution in [0.5, 0.6) is 0 Å². The van der Waals surface area contributed by atoms with Crippen LogP contribution in [0.3, 0.4) is 0 Å². The van der Waals surface area contributed by atoms with Crippen molar-refractivity contribution in [2.24, 2.45) is 0 Å². The lowest BCUT2D eigenvalue weighted by atomic mass is 10.2. The molecule has 0 saturated carbocycles. The van der Waals surface area contributed by atoms with E-state index in [2.05, 4.69) is 16.7 Å². The average molecular weight is 262 g/mol. The number of nitro groups is 1. The van der Waals surface area contributed by atoms with Gasteiger partial charge in [0.05, 0.1) is 11.5 Å². The standard InChI is InChI=1S/C13H16N3O3/c1-11(17)10-14-6-8-15(9-7-14)12-2-4-13(5-3-12)16(18)19/h2-5H,1,6-10H2. The monoisotopic (exact) mass is 262 g/mol. The first-order chi connectivity index (χ1) is 9.06. The summed E-state index contributed by atoms with van der Waals surface area (Å²) in [5.41, 5.74) is 1.08. The van der Waals surface area contributed by atoms with Crippen molar-refractivity contribution >= 4 is 17.2 Å². The third-order valence-electron chi connectivity index (χ3n) is 3.20. The molecule has 19 heavy (non-hydrogen) atoms. The number of carbonyl (C=O) groups is 1. The van der Waals surface area contributed by atoms with Crippen LogP contribution < -0.4 is 4.90 Å². The Hall–Kier alpha value is -1.95. The van der Waals surface area contributed by atoms with Gasteiger partial charge in [-0.3, -0.25) is 19.8 Å². The van der Waals surface area contributed by atoms with Gasteiger partial charge < -0.3 is 4.90 Å². The molecule has 1 aromatic rings. The van der Waals surface area contributed by atoms with Gasteiger partial charge in [0.2, 0.25) is 0 Å². The number of hydrogen-bond donors (Lipinski definition) is 0. The van der Waals surface area contributed by atoms with Crippen molar-refractivity contribution in [3.63, 3.8) is 0 Å². The lowest BCUT2D eigenvalue weighted by Crippen LogP contribution is -2.47. The number of benzene rings is 1. The Morgan fingerprint density at radius 3 is 2.26 bits per heavy atom.